The lowest BCUT2D eigenvalue weighted by Gasteiger charge is -2.37. The molecule has 0 atom stereocenters. The number of piperazine rings is 1. The summed E-state index contributed by atoms with van der Waals surface area (Å²) in [7, 11) is -3.16. The van der Waals surface area contributed by atoms with Gasteiger partial charge in [0, 0.05) is 26.2 Å². The lowest BCUT2D eigenvalue weighted by molar-refractivity contribution is 0.365. The molecule has 0 bridgehead atoms. The summed E-state index contributed by atoms with van der Waals surface area (Å²) in [5, 5.41) is 9.74. The number of anilines is 1. The van der Waals surface area contributed by atoms with Gasteiger partial charge in [0.2, 0.25) is 10.0 Å². The van der Waals surface area contributed by atoms with Crippen molar-refractivity contribution in [1.82, 2.24) is 4.31 Å². The number of hydrogen-bond acceptors (Lipinski definition) is 4. The van der Waals surface area contributed by atoms with E-state index in [-0.39, 0.29) is 11.0 Å². The third-order valence-electron chi connectivity index (χ3n) is 4.79. The van der Waals surface area contributed by atoms with Gasteiger partial charge >= 0.3 is 0 Å². The Morgan fingerprint density at radius 1 is 0.955 bits per heavy atom. The summed E-state index contributed by atoms with van der Waals surface area (Å²) >= 11 is 0. The molecule has 1 aliphatic heterocycles. The summed E-state index contributed by atoms with van der Waals surface area (Å²) in [6.45, 7) is 2.27. The van der Waals surface area contributed by atoms with E-state index in [9.17, 15) is 13.5 Å². The fraction of sp³-hybridized carbons (Fsp3) is 0.625. The van der Waals surface area contributed by atoms with E-state index < -0.39 is 10.0 Å². The molecule has 22 heavy (non-hydrogen) atoms. The van der Waals surface area contributed by atoms with Crippen LogP contribution >= 0.6 is 0 Å². The number of nitrogens with zero attached hydrogens (tertiary/aromatic N) is 2. The highest BCUT2D eigenvalue weighted by Crippen LogP contribution is 2.30. The standard InChI is InChI=1S/C16H24N2O3S/c19-16-9-5-4-8-15(16)17-10-12-18(13-11-17)22(20,21)14-6-2-1-3-7-14/h4-5,8-9,14,19H,1-3,6-7,10-13H2. The predicted molar refractivity (Wildman–Crippen MR) is 87.7 cm³/mol. The largest absolute Gasteiger partial charge is 0.506 e. The highest BCUT2D eigenvalue weighted by molar-refractivity contribution is 7.89. The Labute approximate surface area is 132 Å². The first kappa shape index (κ1) is 15.6. The monoisotopic (exact) mass is 324 g/mol. The van der Waals surface area contributed by atoms with E-state index in [1.54, 1.807) is 16.4 Å². The van der Waals surface area contributed by atoms with Crippen molar-refractivity contribution in [1.29, 1.82) is 0 Å². The molecule has 1 aromatic rings. The molecule has 0 aromatic heterocycles. The minimum Gasteiger partial charge on any atom is -0.506 e. The molecule has 5 nitrogen and oxygen atoms in total. The van der Waals surface area contributed by atoms with Crippen LogP contribution in [0.2, 0.25) is 0 Å². The van der Waals surface area contributed by atoms with Crippen LogP contribution in [0.4, 0.5) is 5.69 Å². The third kappa shape index (κ3) is 3.08. The molecule has 2 fully saturated rings. The maximum Gasteiger partial charge on any atom is 0.217 e. The van der Waals surface area contributed by atoms with E-state index in [2.05, 4.69) is 4.90 Å². The molecule has 122 valence electrons. The van der Waals surface area contributed by atoms with Gasteiger partial charge in [0.1, 0.15) is 5.75 Å². The second-order valence-corrected chi connectivity index (χ2v) is 8.39. The van der Waals surface area contributed by atoms with Crippen molar-refractivity contribution in [3.63, 3.8) is 0 Å². The first-order valence-electron chi connectivity index (χ1n) is 8.11. The zero-order valence-electron chi connectivity index (χ0n) is 12.8. The fourth-order valence-electron chi connectivity index (χ4n) is 3.49. The van der Waals surface area contributed by atoms with Gasteiger partial charge in [-0.15, -0.1) is 0 Å². The van der Waals surface area contributed by atoms with Gasteiger partial charge in [-0.3, -0.25) is 0 Å². The highest BCUT2D eigenvalue weighted by Gasteiger charge is 2.34. The number of benzene rings is 1. The molecule has 1 aliphatic carbocycles. The highest BCUT2D eigenvalue weighted by atomic mass is 32.2. The Kier molecular flexibility index (Phi) is 4.59. The van der Waals surface area contributed by atoms with Crippen LogP contribution < -0.4 is 4.90 Å². The molecule has 0 amide bonds. The van der Waals surface area contributed by atoms with Gasteiger partial charge in [-0.25, -0.2) is 8.42 Å². The van der Waals surface area contributed by atoms with E-state index >= 15 is 0 Å². The van der Waals surface area contributed by atoms with Crippen molar-refractivity contribution in [2.45, 2.75) is 37.4 Å². The number of phenols is 1. The second kappa shape index (κ2) is 6.46. The molecule has 1 aromatic carbocycles. The summed E-state index contributed by atoms with van der Waals surface area (Å²) in [5.41, 5.74) is 0.789. The maximum atomic E-state index is 12.7. The average molecular weight is 324 g/mol. The average Bonchev–Trinajstić information content (AvgIpc) is 2.56. The van der Waals surface area contributed by atoms with E-state index in [0.717, 1.165) is 37.8 Å². The molecule has 3 rings (SSSR count). The van der Waals surface area contributed by atoms with Crippen LogP contribution in [-0.2, 0) is 10.0 Å². The van der Waals surface area contributed by atoms with Crippen molar-refractivity contribution >= 4 is 15.7 Å². The van der Waals surface area contributed by atoms with Crippen molar-refractivity contribution in [3.8, 4) is 5.75 Å². The van der Waals surface area contributed by atoms with Gasteiger partial charge in [-0.1, -0.05) is 31.4 Å². The minimum atomic E-state index is -3.16. The van der Waals surface area contributed by atoms with E-state index in [1.807, 2.05) is 12.1 Å². The molecule has 1 saturated carbocycles. The molecular weight excluding hydrogens is 300 g/mol. The molecule has 6 heteroatoms. The molecule has 0 radical (unpaired) electrons. The summed E-state index contributed by atoms with van der Waals surface area (Å²) in [6, 6.07) is 7.23. The SMILES string of the molecule is O=S(=O)(C1CCCCC1)N1CCN(c2ccccc2O)CC1. The molecule has 0 unspecified atom stereocenters. The van der Waals surface area contributed by atoms with Crippen LogP contribution in [0, 0.1) is 0 Å². The van der Waals surface area contributed by atoms with E-state index in [4.69, 9.17) is 0 Å². The Morgan fingerprint density at radius 3 is 2.23 bits per heavy atom. The second-order valence-electron chi connectivity index (χ2n) is 6.18. The zero-order chi connectivity index (χ0) is 15.6. The molecule has 0 spiro atoms. The molecule has 1 heterocycles. The van der Waals surface area contributed by atoms with Crippen LogP contribution in [-0.4, -0.2) is 49.3 Å². The van der Waals surface area contributed by atoms with E-state index in [0.29, 0.717) is 26.2 Å². The number of sulfonamides is 1. The van der Waals surface area contributed by atoms with Gasteiger partial charge in [0.05, 0.1) is 10.9 Å². The molecule has 2 aliphatic rings. The molecular formula is C16H24N2O3S. The minimum absolute atomic E-state index is 0.182. The van der Waals surface area contributed by atoms with Gasteiger partial charge in [0.15, 0.2) is 0 Å². The van der Waals surface area contributed by atoms with E-state index in [1.165, 1.54) is 0 Å². The Hall–Kier alpha value is -1.27. The van der Waals surface area contributed by atoms with Crippen molar-refractivity contribution in [2.75, 3.05) is 31.1 Å². The molecule has 1 saturated heterocycles. The van der Waals surface area contributed by atoms with Gasteiger partial charge < -0.3 is 10.0 Å². The maximum absolute atomic E-state index is 12.7. The van der Waals surface area contributed by atoms with Crippen molar-refractivity contribution in [3.05, 3.63) is 24.3 Å². The summed E-state index contributed by atoms with van der Waals surface area (Å²) < 4.78 is 27.1. The Balaban J connectivity index is 1.65. The summed E-state index contributed by atoms with van der Waals surface area (Å²) in [5.74, 6) is 0.256. The zero-order valence-corrected chi connectivity index (χ0v) is 13.6. The number of hydrogen-bond donors (Lipinski definition) is 1. The molecule has 1 N–H and O–H groups in total. The van der Waals surface area contributed by atoms with Crippen LogP contribution in [0.5, 0.6) is 5.75 Å². The smallest absolute Gasteiger partial charge is 0.217 e. The summed E-state index contributed by atoms with van der Waals surface area (Å²) in [6.07, 6.45) is 4.83. The number of para-hydroxylation sites is 2. The van der Waals surface area contributed by atoms with Crippen molar-refractivity contribution < 1.29 is 13.5 Å². The quantitative estimate of drug-likeness (QED) is 0.926. The van der Waals surface area contributed by atoms with Gasteiger partial charge in [-0.2, -0.15) is 4.31 Å². The number of rotatable bonds is 3. The normalized spacial score (nSPS) is 21.9. The lowest BCUT2D eigenvalue weighted by Crippen LogP contribution is -2.51. The summed E-state index contributed by atoms with van der Waals surface area (Å²) in [4.78, 5) is 2.06. The van der Waals surface area contributed by atoms with Gasteiger partial charge in [-0.05, 0) is 25.0 Å². The van der Waals surface area contributed by atoms with Crippen LogP contribution in [0.25, 0.3) is 0 Å². The van der Waals surface area contributed by atoms with Crippen molar-refractivity contribution in [2.24, 2.45) is 0 Å². The van der Waals surface area contributed by atoms with Crippen LogP contribution in [0.15, 0.2) is 24.3 Å². The number of aromatic hydroxyl groups is 1. The number of phenolic OH excluding ortho intramolecular Hbond substituents is 1. The lowest BCUT2D eigenvalue weighted by atomic mass is 10.0. The predicted octanol–water partition coefficient (Wildman–Crippen LogP) is 2.18. The first-order valence-corrected chi connectivity index (χ1v) is 9.61. The third-order valence-corrected chi connectivity index (χ3v) is 7.19. The Bertz CT molecular complexity index is 604. The van der Waals surface area contributed by atoms with Gasteiger partial charge in [0.25, 0.3) is 0 Å². The fourth-order valence-corrected chi connectivity index (χ4v) is 5.51. The first-order chi connectivity index (χ1) is 10.6. The van der Waals surface area contributed by atoms with Crippen LogP contribution in [0.1, 0.15) is 32.1 Å². The topological polar surface area (TPSA) is 60.9 Å². The Morgan fingerprint density at radius 2 is 1.59 bits per heavy atom. The van der Waals surface area contributed by atoms with Crippen LogP contribution in [0.3, 0.4) is 0 Å².